The van der Waals surface area contributed by atoms with Crippen LogP contribution in [0.3, 0.4) is 0 Å². The maximum Gasteiger partial charge on any atom is 0.242 e. The minimum atomic E-state index is 0.451. The highest BCUT2D eigenvalue weighted by Gasteiger charge is 2.07. The summed E-state index contributed by atoms with van der Waals surface area (Å²) in [5, 5.41) is 1.37. The van der Waals surface area contributed by atoms with Gasteiger partial charge in [-0.15, -0.1) is 0 Å². The van der Waals surface area contributed by atoms with E-state index < -0.39 is 0 Å². The molecule has 1 rings (SSSR count). The summed E-state index contributed by atoms with van der Waals surface area (Å²) in [6.45, 7) is 0. The van der Waals surface area contributed by atoms with Crippen LogP contribution in [0, 0.1) is 4.64 Å². The van der Waals surface area contributed by atoms with E-state index in [0.717, 1.165) is 0 Å². The van der Waals surface area contributed by atoms with Crippen molar-refractivity contribution in [1.82, 2.24) is 4.98 Å². The lowest BCUT2D eigenvalue weighted by Gasteiger charge is -2.08. The molecular formula is C5H10N5S+. The third-order valence-corrected chi connectivity index (χ3v) is 1.60. The Balaban J connectivity index is 3.28. The summed E-state index contributed by atoms with van der Waals surface area (Å²) < 4.78 is 0.482. The van der Waals surface area contributed by atoms with E-state index in [-0.39, 0.29) is 0 Å². The zero-order valence-corrected chi connectivity index (χ0v) is 6.90. The van der Waals surface area contributed by atoms with Crippen molar-refractivity contribution in [2.45, 2.75) is 0 Å². The summed E-state index contributed by atoms with van der Waals surface area (Å²) in [6.07, 6.45) is 1.58. The average molecular weight is 172 g/mol. The summed E-state index contributed by atoms with van der Waals surface area (Å²) in [7, 11) is 1.68. The first-order chi connectivity index (χ1) is 5.13. The van der Waals surface area contributed by atoms with Crippen molar-refractivity contribution in [1.29, 1.82) is 0 Å². The number of hydrogen-bond donors (Lipinski definition) is 3. The molecule has 0 aromatic carbocycles. The predicted molar refractivity (Wildman–Crippen MR) is 45.2 cm³/mol. The second kappa shape index (κ2) is 2.85. The number of H-pyrrole nitrogens is 2. The maximum atomic E-state index is 5.60. The quantitative estimate of drug-likeness (QED) is 0.301. The Kier molecular flexibility index (Phi) is 2.06. The van der Waals surface area contributed by atoms with Crippen LogP contribution in [0.2, 0.25) is 0 Å². The number of nitrogens with zero attached hydrogens (tertiary/aromatic N) is 1. The highest BCUT2D eigenvalue weighted by molar-refractivity contribution is 7.71. The highest BCUT2D eigenvalue weighted by Crippen LogP contribution is 2.13. The van der Waals surface area contributed by atoms with Gasteiger partial charge in [0.2, 0.25) is 16.8 Å². The number of nitrogens with one attached hydrogen (secondary N) is 2. The molecule has 6 heteroatoms. The smallest absolute Gasteiger partial charge is 0.242 e. The minimum Gasteiger partial charge on any atom is -0.390 e. The second-order valence-electron chi connectivity index (χ2n) is 2.14. The molecule has 0 spiro atoms. The molecule has 0 aliphatic rings. The van der Waals surface area contributed by atoms with Crippen LogP contribution in [0.4, 0.5) is 11.5 Å². The number of rotatable bonds is 1. The highest BCUT2D eigenvalue weighted by atomic mass is 32.1. The van der Waals surface area contributed by atoms with Crippen LogP contribution in [0.15, 0.2) is 6.33 Å². The monoisotopic (exact) mass is 172 g/mol. The molecule has 60 valence electrons. The first kappa shape index (κ1) is 7.96. The molecule has 0 amide bonds. The van der Waals surface area contributed by atoms with Gasteiger partial charge in [0.25, 0.3) is 0 Å². The van der Waals surface area contributed by atoms with E-state index in [9.17, 15) is 0 Å². The Bertz CT molecular complexity index is 304. The Morgan fingerprint density at radius 3 is 2.82 bits per heavy atom. The molecule has 1 heterocycles. The first-order valence-electron chi connectivity index (χ1n) is 3.00. The van der Waals surface area contributed by atoms with Gasteiger partial charge in [-0.2, -0.15) is 0 Å². The summed E-state index contributed by atoms with van der Waals surface area (Å²) in [4.78, 5) is 5.58. The molecule has 11 heavy (non-hydrogen) atoms. The van der Waals surface area contributed by atoms with E-state index in [4.69, 9.17) is 23.8 Å². The molecule has 1 aromatic heterocycles. The van der Waals surface area contributed by atoms with E-state index in [0.29, 0.717) is 16.1 Å². The molecule has 0 saturated heterocycles. The van der Waals surface area contributed by atoms with Crippen molar-refractivity contribution in [3.63, 3.8) is 0 Å². The van der Waals surface area contributed by atoms with Gasteiger partial charge in [0.1, 0.15) is 0 Å². The summed E-state index contributed by atoms with van der Waals surface area (Å²) in [6, 6.07) is 0. The number of aromatic amines is 2. The van der Waals surface area contributed by atoms with Gasteiger partial charge < -0.3 is 5.73 Å². The lowest BCUT2D eigenvalue weighted by molar-refractivity contribution is -0.389. The molecule has 1 aromatic rings. The average Bonchev–Trinajstić information content (AvgIpc) is 1.94. The standard InChI is InChI=1S/C5H9N5S/c1-10(7)4-3(6)5(11)9-2-8-4/h2H,6-7H2,1H3,(H,8,9,11)/p+1. The number of hydrazine groups is 1. The molecule has 0 aliphatic heterocycles. The molecule has 0 saturated carbocycles. The van der Waals surface area contributed by atoms with Crippen molar-refractivity contribution < 1.29 is 4.98 Å². The van der Waals surface area contributed by atoms with Crippen LogP contribution in [0.1, 0.15) is 0 Å². The Morgan fingerprint density at radius 2 is 2.36 bits per heavy atom. The Hall–Kier alpha value is -1.14. The van der Waals surface area contributed by atoms with E-state index in [2.05, 4.69) is 9.97 Å². The van der Waals surface area contributed by atoms with Gasteiger partial charge in [0.05, 0.1) is 0 Å². The third-order valence-electron chi connectivity index (χ3n) is 1.26. The van der Waals surface area contributed by atoms with Crippen LogP contribution in [0.5, 0.6) is 0 Å². The summed E-state index contributed by atoms with van der Waals surface area (Å²) in [5.41, 5.74) is 6.05. The Morgan fingerprint density at radius 1 is 1.73 bits per heavy atom. The van der Waals surface area contributed by atoms with Crippen LogP contribution in [0.25, 0.3) is 0 Å². The van der Waals surface area contributed by atoms with Gasteiger partial charge in [-0.1, -0.05) is 0 Å². The fourth-order valence-corrected chi connectivity index (χ4v) is 0.880. The van der Waals surface area contributed by atoms with Crippen molar-refractivity contribution in [3.05, 3.63) is 11.0 Å². The van der Waals surface area contributed by atoms with Gasteiger partial charge in [-0.3, -0.25) is 5.01 Å². The molecule has 5 nitrogen and oxygen atoms in total. The van der Waals surface area contributed by atoms with Gasteiger partial charge >= 0.3 is 0 Å². The fourth-order valence-electron chi connectivity index (χ4n) is 0.725. The molecular weight excluding hydrogens is 162 g/mol. The normalized spacial score (nSPS) is 9.64. The molecule has 0 unspecified atom stereocenters. The van der Waals surface area contributed by atoms with Crippen molar-refractivity contribution in [2.24, 2.45) is 5.84 Å². The topological polar surface area (TPSA) is 85.2 Å². The third kappa shape index (κ3) is 1.47. The summed E-state index contributed by atoms with van der Waals surface area (Å²) >= 11 is 4.88. The first-order valence-corrected chi connectivity index (χ1v) is 3.41. The summed E-state index contributed by atoms with van der Waals surface area (Å²) in [5.74, 6) is 6.05. The number of aromatic nitrogens is 2. The van der Waals surface area contributed by atoms with Crippen LogP contribution in [-0.4, -0.2) is 12.0 Å². The van der Waals surface area contributed by atoms with Gasteiger partial charge in [0.15, 0.2) is 5.69 Å². The van der Waals surface area contributed by atoms with Crippen LogP contribution in [-0.2, 0) is 0 Å². The molecule has 6 N–H and O–H groups in total. The predicted octanol–water partition coefficient (Wildman–Crippen LogP) is -0.550. The van der Waals surface area contributed by atoms with E-state index >= 15 is 0 Å². The fraction of sp³-hybridized carbons (Fsp3) is 0.200. The van der Waals surface area contributed by atoms with Gasteiger partial charge in [0, 0.05) is 7.05 Å². The van der Waals surface area contributed by atoms with E-state index in [1.165, 1.54) is 5.01 Å². The molecule has 0 aliphatic carbocycles. The molecule has 0 atom stereocenters. The zero-order valence-electron chi connectivity index (χ0n) is 6.09. The van der Waals surface area contributed by atoms with Crippen molar-refractivity contribution in [2.75, 3.05) is 17.8 Å². The maximum absolute atomic E-state index is 5.60. The lowest BCUT2D eigenvalue weighted by atomic mass is 10.5. The van der Waals surface area contributed by atoms with Gasteiger partial charge in [-0.25, -0.2) is 15.8 Å². The lowest BCUT2D eigenvalue weighted by Crippen LogP contribution is -2.28. The SMILES string of the molecule is CN(N)c1[nH]c[nH+]c(=S)c1N. The Labute approximate surface area is 69.0 Å². The molecule has 0 fully saturated rings. The van der Waals surface area contributed by atoms with E-state index in [1.807, 2.05) is 0 Å². The largest absolute Gasteiger partial charge is 0.390 e. The van der Waals surface area contributed by atoms with Crippen molar-refractivity contribution in [3.8, 4) is 0 Å². The number of anilines is 2. The minimum absolute atomic E-state index is 0.451. The van der Waals surface area contributed by atoms with Crippen LogP contribution < -0.4 is 21.6 Å². The van der Waals surface area contributed by atoms with E-state index in [1.54, 1.807) is 13.4 Å². The van der Waals surface area contributed by atoms with Gasteiger partial charge in [-0.05, 0) is 12.2 Å². The second-order valence-corrected chi connectivity index (χ2v) is 2.54. The number of hydrogen-bond acceptors (Lipinski definition) is 4. The zero-order chi connectivity index (χ0) is 8.43. The number of nitrogen functional groups attached to an aromatic ring is 1. The van der Waals surface area contributed by atoms with Crippen LogP contribution >= 0.6 is 12.2 Å². The molecule has 0 radical (unpaired) electrons. The van der Waals surface area contributed by atoms with Crippen molar-refractivity contribution >= 4 is 23.7 Å². The number of nitrogens with two attached hydrogens (primary N) is 2. The molecule has 0 bridgehead atoms.